The number of rotatable bonds is 2. The molecule has 1 rings (SSSR count). The zero-order valence-corrected chi connectivity index (χ0v) is 9.73. The van der Waals surface area contributed by atoms with Crippen LogP contribution in [0, 0.1) is 0 Å². The van der Waals surface area contributed by atoms with Crippen molar-refractivity contribution in [2.75, 3.05) is 12.5 Å². The van der Waals surface area contributed by atoms with E-state index in [1.54, 1.807) is 12.5 Å². The summed E-state index contributed by atoms with van der Waals surface area (Å²) < 4.78 is 11.3. The second-order valence-electron chi connectivity index (χ2n) is 4.27. The van der Waals surface area contributed by atoms with Crippen molar-refractivity contribution in [1.82, 2.24) is 5.32 Å². The molecular formula is C10H19NO2S. The molecule has 0 radical (unpaired) electrons. The normalized spacial score (nSPS) is 19.0. The van der Waals surface area contributed by atoms with Crippen LogP contribution in [0.15, 0.2) is 0 Å². The van der Waals surface area contributed by atoms with Crippen LogP contribution in [0.3, 0.4) is 0 Å². The van der Waals surface area contributed by atoms with Crippen molar-refractivity contribution in [2.45, 2.75) is 38.1 Å². The third-order valence-electron chi connectivity index (χ3n) is 2.34. The molecule has 82 valence electrons. The lowest BCUT2D eigenvalue weighted by Gasteiger charge is -2.21. The molecule has 1 amide bonds. The summed E-state index contributed by atoms with van der Waals surface area (Å²) in [5, 5.41) is 4.21. The monoisotopic (exact) mass is 217 g/mol. The number of amides is 1. The third-order valence-corrected chi connectivity index (χ3v) is 3.12. The molecule has 1 saturated carbocycles. The highest BCUT2D eigenvalue weighted by molar-refractivity contribution is 8.01. The Labute approximate surface area is 86.3 Å². The van der Waals surface area contributed by atoms with E-state index in [1.807, 2.05) is 0 Å². The summed E-state index contributed by atoms with van der Waals surface area (Å²) in [6.45, 7) is 0. The summed E-state index contributed by atoms with van der Waals surface area (Å²) in [5.74, 6) is -0.174. The molecule has 1 aliphatic rings. The summed E-state index contributed by atoms with van der Waals surface area (Å²) in [7, 11) is -2.06. The van der Waals surface area contributed by atoms with Crippen molar-refractivity contribution in [3.63, 3.8) is 0 Å². The maximum atomic E-state index is 11.4. The van der Waals surface area contributed by atoms with E-state index in [-0.39, 0.29) is 5.91 Å². The van der Waals surface area contributed by atoms with Crippen LogP contribution < -0.4 is 5.32 Å². The van der Waals surface area contributed by atoms with E-state index < -0.39 is 9.52 Å². The van der Waals surface area contributed by atoms with Gasteiger partial charge in [0.15, 0.2) is 0 Å². The molecule has 0 atom stereocenters. The Balaban J connectivity index is 2.44. The van der Waals surface area contributed by atoms with Crippen LogP contribution in [-0.4, -0.2) is 34.0 Å². The van der Waals surface area contributed by atoms with Crippen LogP contribution in [0.2, 0.25) is 0 Å². The number of carbonyl (C=O) groups excluding carboxylic acids is 1. The molecule has 3 nitrogen and oxygen atoms in total. The Bertz CT molecular complexity index is 302. The molecule has 0 bridgehead atoms. The van der Waals surface area contributed by atoms with Gasteiger partial charge in [-0.2, -0.15) is 0 Å². The first kappa shape index (κ1) is 11.6. The summed E-state index contributed by atoms with van der Waals surface area (Å²) >= 11 is 0. The smallest absolute Gasteiger partial charge is 0.252 e. The Morgan fingerprint density at radius 1 is 1.29 bits per heavy atom. The lowest BCUT2D eigenvalue weighted by molar-refractivity contribution is -0.115. The molecule has 0 aromatic rings. The lowest BCUT2D eigenvalue weighted by atomic mass is 9.95. The minimum Gasteiger partial charge on any atom is -0.349 e. The number of nitrogens with one attached hydrogen (secondary N) is 1. The molecule has 4 heteroatoms. The second kappa shape index (κ2) is 4.82. The fourth-order valence-corrected chi connectivity index (χ4v) is 2.32. The molecular weight excluding hydrogens is 198 g/mol. The molecule has 0 saturated heterocycles. The van der Waals surface area contributed by atoms with Crippen LogP contribution in [0.4, 0.5) is 0 Å². The van der Waals surface area contributed by atoms with Gasteiger partial charge >= 0.3 is 0 Å². The van der Waals surface area contributed by atoms with Crippen LogP contribution in [0.5, 0.6) is 0 Å². The maximum Gasteiger partial charge on any atom is 0.252 e. The average molecular weight is 217 g/mol. The highest BCUT2D eigenvalue weighted by Gasteiger charge is 2.14. The van der Waals surface area contributed by atoms with Gasteiger partial charge in [0.25, 0.3) is 5.91 Å². The van der Waals surface area contributed by atoms with Gasteiger partial charge in [-0.15, -0.1) is 0 Å². The molecule has 0 unspecified atom stereocenters. The van der Waals surface area contributed by atoms with E-state index in [4.69, 9.17) is 0 Å². The summed E-state index contributed by atoms with van der Waals surface area (Å²) in [6, 6.07) is 0.300. The van der Waals surface area contributed by atoms with Gasteiger partial charge < -0.3 is 5.32 Å². The Morgan fingerprint density at radius 2 is 1.86 bits per heavy atom. The van der Waals surface area contributed by atoms with Crippen molar-refractivity contribution in [3.05, 3.63) is 0 Å². The predicted octanol–water partition coefficient (Wildman–Crippen LogP) is 0.781. The topological polar surface area (TPSA) is 46.2 Å². The molecule has 0 aromatic heterocycles. The second-order valence-corrected chi connectivity index (χ2v) is 7.12. The van der Waals surface area contributed by atoms with Crippen LogP contribution in [0.1, 0.15) is 32.1 Å². The minimum atomic E-state index is -2.06. The van der Waals surface area contributed by atoms with E-state index in [1.165, 1.54) is 24.6 Å². The highest BCUT2D eigenvalue weighted by Crippen LogP contribution is 2.16. The molecule has 0 aliphatic heterocycles. The number of hydrogen-bond acceptors (Lipinski definition) is 2. The van der Waals surface area contributed by atoms with E-state index in [9.17, 15) is 9.00 Å². The summed E-state index contributed by atoms with van der Waals surface area (Å²) in [4.78, 5) is 11.4. The predicted molar refractivity (Wildman–Crippen MR) is 61.1 cm³/mol. The van der Waals surface area contributed by atoms with Gasteiger partial charge in [-0.25, -0.2) is 0 Å². The fraction of sp³-hybridized carbons (Fsp3) is 0.800. The van der Waals surface area contributed by atoms with Crippen LogP contribution in [0.25, 0.3) is 0 Å². The summed E-state index contributed by atoms with van der Waals surface area (Å²) in [6.07, 6.45) is 8.94. The zero-order chi connectivity index (χ0) is 10.6. The summed E-state index contributed by atoms with van der Waals surface area (Å²) in [5.41, 5.74) is 0. The van der Waals surface area contributed by atoms with E-state index in [2.05, 4.69) is 5.32 Å². The SMILES string of the molecule is CS(C)(=O)=CC(=O)NC1CCCCC1. The van der Waals surface area contributed by atoms with Gasteiger partial charge in [0.1, 0.15) is 0 Å². The highest BCUT2D eigenvalue weighted by atomic mass is 32.2. The molecule has 0 heterocycles. The molecule has 14 heavy (non-hydrogen) atoms. The van der Waals surface area contributed by atoms with Gasteiger partial charge in [-0.1, -0.05) is 19.3 Å². The van der Waals surface area contributed by atoms with E-state index >= 15 is 0 Å². The minimum absolute atomic E-state index is 0.174. The third kappa shape index (κ3) is 4.65. The van der Waals surface area contributed by atoms with Crippen LogP contribution in [-0.2, 0) is 14.3 Å². The molecule has 1 fully saturated rings. The quantitative estimate of drug-likeness (QED) is 0.695. The maximum absolute atomic E-state index is 11.4. The van der Waals surface area contributed by atoms with Crippen molar-refractivity contribution in [3.8, 4) is 0 Å². The Kier molecular flexibility index (Phi) is 3.98. The van der Waals surface area contributed by atoms with E-state index in [0.29, 0.717) is 6.04 Å². The first-order valence-corrected chi connectivity index (χ1v) is 7.50. The molecule has 0 spiro atoms. The standard InChI is InChI=1S/C10H19NO2S/c1-14(2,13)8-10(12)11-9-6-4-3-5-7-9/h8-9H,3-7H2,1-2H3,(H,11,12). The van der Waals surface area contributed by atoms with Crippen molar-refractivity contribution in [1.29, 1.82) is 0 Å². The van der Waals surface area contributed by atoms with Gasteiger partial charge in [0, 0.05) is 18.6 Å². The lowest BCUT2D eigenvalue weighted by Crippen LogP contribution is -2.37. The molecule has 0 aromatic carbocycles. The first-order valence-electron chi connectivity index (χ1n) is 5.07. The van der Waals surface area contributed by atoms with Crippen molar-refractivity contribution in [2.24, 2.45) is 0 Å². The van der Waals surface area contributed by atoms with Crippen molar-refractivity contribution < 1.29 is 9.00 Å². The Morgan fingerprint density at radius 3 is 2.36 bits per heavy atom. The van der Waals surface area contributed by atoms with Crippen molar-refractivity contribution >= 4 is 20.8 Å². The van der Waals surface area contributed by atoms with Gasteiger partial charge in [-0.3, -0.25) is 9.00 Å². The number of hydrogen-bond donors (Lipinski definition) is 1. The van der Waals surface area contributed by atoms with E-state index in [0.717, 1.165) is 12.8 Å². The number of carbonyl (C=O) groups is 1. The fourth-order valence-electron chi connectivity index (χ4n) is 1.74. The first-order chi connectivity index (χ1) is 6.47. The molecule has 1 N–H and O–H groups in total. The Hall–Kier alpha value is -0.510. The van der Waals surface area contributed by atoms with Crippen LogP contribution >= 0.6 is 0 Å². The van der Waals surface area contributed by atoms with Gasteiger partial charge in [-0.05, 0) is 22.4 Å². The van der Waals surface area contributed by atoms with Gasteiger partial charge in [0.2, 0.25) is 0 Å². The largest absolute Gasteiger partial charge is 0.349 e. The van der Waals surface area contributed by atoms with Gasteiger partial charge in [0.05, 0.1) is 5.37 Å². The average Bonchev–Trinajstić information content (AvgIpc) is 2.02. The zero-order valence-electron chi connectivity index (χ0n) is 8.91. The molecule has 1 aliphatic carbocycles.